The molecule has 0 aromatic heterocycles. The minimum Gasteiger partial charge on any atom is -0.465 e. The number of fused-ring (bicyclic) bond motifs is 1. The third-order valence-corrected chi connectivity index (χ3v) is 10.5. The van der Waals surface area contributed by atoms with Gasteiger partial charge in [0.2, 0.25) is 11.8 Å². The average Bonchev–Trinajstić information content (AvgIpc) is 3.45. The highest BCUT2D eigenvalue weighted by Crippen LogP contribution is 2.71. The van der Waals surface area contributed by atoms with E-state index in [-0.39, 0.29) is 30.3 Å². The number of thioether (sulfide) groups is 1. The molecule has 3 fully saturated rings. The molecule has 38 heavy (non-hydrogen) atoms. The minimum absolute atomic E-state index is 0.0872. The highest BCUT2D eigenvalue weighted by Gasteiger charge is 2.78. The zero-order valence-corrected chi connectivity index (χ0v) is 24.6. The van der Waals surface area contributed by atoms with Crippen LogP contribution in [0.2, 0.25) is 0 Å². The molecule has 8 heteroatoms. The molecule has 3 heterocycles. The van der Waals surface area contributed by atoms with Gasteiger partial charge in [-0.3, -0.25) is 14.4 Å². The number of hydrogen-bond acceptors (Lipinski definition) is 6. The molecule has 0 aromatic rings. The van der Waals surface area contributed by atoms with Crippen molar-refractivity contribution in [3.05, 3.63) is 25.3 Å². The molecule has 2 bridgehead atoms. The summed E-state index contributed by atoms with van der Waals surface area (Å²) in [7, 11) is 0. The van der Waals surface area contributed by atoms with E-state index < -0.39 is 33.4 Å². The SMILES string of the molecule is C=CCCCOC(=O)[C@@H]1[C@H]2C(=O)N([C@@H](CO)CC(C)C)C(C(=O)N(CC=C)CCCCC)C23CC[C@@]1(C)S3. The number of amides is 2. The van der Waals surface area contributed by atoms with Crippen LogP contribution in [0.25, 0.3) is 0 Å². The molecular weight excluding hydrogens is 500 g/mol. The summed E-state index contributed by atoms with van der Waals surface area (Å²) in [6.45, 7) is 17.0. The Kier molecular flexibility index (Phi) is 10.5. The molecule has 3 saturated heterocycles. The molecule has 0 radical (unpaired) electrons. The van der Waals surface area contributed by atoms with Gasteiger partial charge in [-0.2, -0.15) is 0 Å². The minimum atomic E-state index is -0.720. The maximum atomic E-state index is 14.4. The number of rotatable bonds is 16. The van der Waals surface area contributed by atoms with E-state index in [1.807, 2.05) is 4.90 Å². The van der Waals surface area contributed by atoms with Gasteiger partial charge in [0, 0.05) is 17.8 Å². The van der Waals surface area contributed by atoms with Crippen LogP contribution in [0.1, 0.15) is 79.1 Å². The van der Waals surface area contributed by atoms with Crippen molar-refractivity contribution in [2.24, 2.45) is 17.8 Å². The van der Waals surface area contributed by atoms with Crippen molar-refractivity contribution in [2.75, 3.05) is 26.3 Å². The molecule has 1 spiro atoms. The lowest BCUT2D eigenvalue weighted by atomic mass is 9.66. The topological polar surface area (TPSA) is 87.1 Å². The third kappa shape index (κ3) is 5.72. The van der Waals surface area contributed by atoms with Gasteiger partial charge in [0.1, 0.15) is 6.04 Å². The van der Waals surface area contributed by atoms with Crippen molar-refractivity contribution in [1.82, 2.24) is 9.80 Å². The molecule has 0 aliphatic carbocycles. The molecule has 214 valence electrons. The van der Waals surface area contributed by atoms with Gasteiger partial charge in [0.05, 0.1) is 35.8 Å². The maximum Gasteiger partial charge on any atom is 0.311 e. The smallest absolute Gasteiger partial charge is 0.311 e. The van der Waals surface area contributed by atoms with E-state index in [0.717, 1.165) is 32.1 Å². The number of ether oxygens (including phenoxy) is 1. The molecule has 3 aliphatic heterocycles. The lowest BCUT2D eigenvalue weighted by Gasteiger charge is -2.40. The number of aliphatic hydroxyl groups is 1. The second-order valence-electron chi connectivity index (χ2n) is 11.8. The number of aliphatic hydroxyl groups excluding tert-OH is 1. The summed E-state index contributed by atoms with van der Waals surface area (Å²) in [5.41, 5.74) is 0. The third-order valence-electron chi connectivity index (χ3n) is 8.54. The fraction of sp³-hybridized carbons (Fsp3) is 0.767. The Morgan fingerprint density at radius 1 is 1.24 bits per heavy atom. The number of carbonyl (C=O) groups excluding carboxylic acids is 3. The predicted molar refractivity (Wildman–Crippen MR) is 153 cm³/mol. The lowest BCUT2D eigenvalue weighted by Crippen LogP contribution is -2.57. The van der Waals surface area contributed by atoms with E-state index in [1.165, 1.54) is 0 Å². The zero-order valence-electron chi connectivity index (χ0n) is 23.8. The van der Waals surface area contributed by atoms with Crippen LogP contribution in [0.15, 0.2) is 25.3 Å². The van der Waals surface area contributed by atoms with Gasteiger partial charge in [-0.15, -0.1) is 24.9 Å². The molecule has 1 N–H and O–H groups in total. The van der Waals surface area contributed by atoms with E-state index in [9.17, 15) is 19.5 Å². The Morgan fingerprint density at radius 3 is 2.58 bits per heavy atom. The summed E-state index contributed by atoms with van der Waals surface area (Å²) >= 11 is 1.65. The quantitative estimate of drug-likeness (QED) is 0.173. The first-order valence-electron chi connectivity index (χ1n) is 14.4. The van der Waals surface area contributed by atoms with E-state index in [0.29, 0.717) is 39.0 Å². The number of unbranched alkanes of at least 4 members (excludes halogenated alkanes) is 3. The van der Waals surface area contributed by atoms with Crippen LogP contribution in [-0.2, 0) is 19.1 Å². The molecule has 0 saturated carbocycles. The predicted octanol–water partition coefficient (Wildman–Crippen LogP) is 4.59. The Bertz CT molecular complexity index is 894. The second kappa shape index (κ2) is 13.0. The van der Waals surface area contributed by atoms with Gasteiger partial charge >= 0.3 is 5.97 Å². The van der Waals surface area contributed by atoms with Gasteiger partial charge in [0.15, 0.2) is 0 Å². The number of allylic oxidation sites excluding steroid dienone is 1. The molecule has 2 amide bonds. The normalized spacial score (nSPS) is 30.4. The van der Waals surface area contributed by atoms with Crippen molar-refractivity contribution >= 4 is 29.5 Å². The molecule has 7 nitrogen and oxygen atoms in total. The second-order valence-corrected chi connectivity index (χ2v) is 13.7. The fourth-order valence-corrected chi connectivity index (χ4v) is 9.20. The fourth-order valence-electron chi connectivity index (χ4n) is 6.88. The largest absolute Gasteiger partial charge is 0.465 e. The number of carbonyl (C=O) groups is 3. The summed E-state index contributed by atoms with van der Waals surface area (Å²) in [4.78, 5) is 45.8. The van der Waals surface area contributed by atoms with Crippen molar-refractivity contribution < 1.29 is 24.2 Å². The number of nitrogens with zero attached hydrogens (tertiary/aromatic N) is 2. The highest BCUT2D eigenvalue weighted by molar-refractivity contribution is 8.02. The van der Waals surface area contributed by atoms with Gasteiger partial charge in [0.25, 0.3) is 0 Å². The molecular formula is C30H48N2O5S. The van der Waals surface area contributed by atoms with E-state index in [1.54, 1.807) is 28.8 Å². The lowest BCUT2D eigenvalue weighted by molar-refractivity contribution is -0.156. The van der Waals surface area contributed by atoms with Crippen molar-refractivity contribution in [2.45, 2.75) is 101 Å². The average molecular weight is 549 g/mol. The highest BCUT2D eigenvalue weighted by atomic mass is 32.2. The van der Waals surface area contributed by atoms with Crippen LogP contribution in [0, 0.1) is 17.8 Å². The molecule has 3 rings (SSSR count). The van der Waals surface area contributed by atoms with E-state index in [4.69, 9.17) is 4.74 Å². The van der Waals surface area contributed by atoms with Crippen molar-refractivity contribution in [3.63, 3.8) is 0 Å². The summed E-state index contributed by atoms with van der Waals surface area (Å²) in [6.07, 6.45) is 9.95. The monoisotopic (exact) mass is 548 g/mol. The van der Waals surface area contributed by atoms with Crippen LogP contribution in [0.3, 0.4) is 0 Å². The van der Waals surface area contributed by atoms with Crippen LogP contribution in [0.4, 0.5) is 0 Å². The molecule has 0 aromatic carbocycles. The Morgan fingerprint density at radius 2 is 1.97 bits per heavy atom. The first kappa shape index (κ1) is 30.7. The van der Waals surface area contributed by atoms with Gasteiger partial charge in [-0.25, -0.2) is 0 Å². The van der Waals surface area contributed by atoms with E-state index >= 15 is 0 Å². The Labute approximate surface area is 233 Å². The zero-order chi connectivity index (χ0) is 28.1. The van der Waals surface area contributed by atoms with Crippen molar-refractivity contribution in [1.29, 1.82) is 0 Å². The Balaban J connectivity index is 2.03. The van der Waals surface area contributed by atoms with Crippen LogP contribution in [-0.4, -0.2) is 80.6 Å². The van der Waals surface area contributed by atoms with Gasteiger partial charge < -0.3 is 19.6 Å². The summed E-state index contributed by atoms with van der Waals surface area (Å²) in [5, 5.41) is 10.4. The molecule has 3 aliphatic rings. The molecule has 6 atom stereocenters. The van der Waals surface area contributed by atoms with Crippen molar-refractivity contribution in [3.8, 4) is 0 Å². The molecule has 2 unspecified atom stereocenters. The van der Waals surface area contributed by atoms with Crippen LogP contribution < -0.4 is 0 Å². The summed E-state index contributed by atoms with van der Waals surface area (Å²) < 4.78 is 4.54. The van der Waals surface area contributed by atoms with Crippen LogP contribution >= 0.6 is 11.8 Å². The number of likely N-dealkylation sites (tertiary alicyclic amines) is 1. The maximum absolute atomic E-state index is 14.4. The van der Waals surface area contributed by atoms with Gasteiger partial charge in [-0.05, 0) is 51.4 Å². The van der Waals surface area contributed by atoms with E-state index in [2.05, 4.69) is 40.9 Å². The Hall–Kier alpha value is -1.80. The van der Waals surface area contributed by atoms with Gasteiger partial charge in [-0.1, -0.05) is 45.8 Å². The first-order chi connectivity index (χ1) is 18.1. The summed E-state index contributed by atoms with van der Waals surface area (Å²) in [5.74, 6) is -1.62. The summed E-state index contributed by atoms with van der Waals surface area (Å²) in [6, 6.07) is -1.20. The standard InChI is InChI=1S/C30H48N2O5S/c1-7-10-12-17-31(16-9-3)27(35)25-30-15-14-29(6,38-30)24(28(36)37-18-13-11-8-2)23(30)26(34)32(25)22(20-33)19-21(4)5/h8-9,21-25,33H,2-3,7,10-20H2,1,4-6H3/t22-,23+,24+,25?,29-,30?/m1/s1. The first-order valence-corrected chi connectivity index (χ1v) is 15.2. The van der Waals surface area contributed by atoms with Crippen LogP contribution in [0.5, 0.6) is 0 Å². The number of hydrogen-bond donors (Lipinski definition) is 1. The number of esters is 1.